The molecule has 1 amide bonds. The average molecular weight is 337 g/mol. The van der Waals surface area contributed by atoms with Crippen LogP contribution in [0, 0.1) is 19.7 Å². The van der Waals surface area contributed by atoms with Crippen molar-refractivity contribution in [3.05, 3.63) is 57.3 Å². The van der Waals surface area contributed by atoms with E-state index in [1.165, 1.54) is 18.2 Å². The molecule has 3 N–H and O–H groups in total. The first kappa shape index (κ1) is 14.5. The highest BCUT2D eigenvalue weighted by Crippen LogP contribution is 2.24. The van der Waals surface area contributed by atoms with Gasteiger partial charge < -0.3 is 11.1 Å². The zero-order chi connectivity index (χ0) is 14.9. The summed E-state index contributed by atoms with van der Waals surface area (Å²) in [6.45, 7) is 3.75. The molecule has 0 aliphatic heterocycles. The molecule has 0 aromatic heterocycles. The largest absolute Gasteiger partial charge is 0.399 e. The minimum Gasteiger partial charge on any atom is -0.399 e. The molecule has 2 aromatic rings. The van der Waals surface area contributed by atoms with Crippen LogP contribution in [0.5, 0.6) is 0 Å². The number of aryl methyl sites for hydroxylation is 2. The van der Waals surface area contributed by atoms with Gasteiger partial charge in [0.05, 0.1) is 4.47 Å². The molecule has 0 aliphatic rings. The van der Waals surface area contributed by atoms with Gasteiger partial charge in [0.25, 0.3) is 5.91 Å². The van der Waals surface area contributed by atoms with Crippen LogP contribution in [-0.4, -0.2) is 5.91 Å². The maximum absolute atomic E-state index is 13.2. The fourth-order valence-corrected chi connectivity index (χ4v) is 2.40. The van der Waals surface area contributed by atoms with Gasteiger partial charge in [-0.3, -0.25) is 4.79 Å². The number of carbonyl (C=O) groups is 1. The van der Waals surface area contributed by atoms with E-state index < -0.39 is 5.82 Å². The topological polar surface area (TPSA) is 55.1 Å². The summed E-state index contributed by atoms with van der Waals surface area (Å²) in [7, 11) is 0. The highest BCUT2D eigenvalue weighted by Gasteiger charge is 2.12. The lowest BCUT2D eigenvalue weighted by molar-refractivity contribution is 0.102. The quantitative estimate of drug-likeness (QED) is 0.813. The molecule has 3 nitrogen and oxygen atoms in total. The molecule has 20 heavy (non-hydrogen) atoms. The van der Waals surface area contributed by atoms with Crippen LogP contribution in [0.1, 0.15) is 21.5 Å². The Bertz CT molecular complexity index is 663. The maximum atomic E-state index is 13.2. The van der Waals surface area contributed by atoms with Gasteiger partial charge in [0.1, 0.15) is 5.82 Å². The minimum absolute atomic E-state index is 0.260. The van der Waals surface area contributed by atoms with Crippen molar-refractivity contribution in [3.8, 4) is 0 Å². The molecule has 0 saturated heterocycles. The summed E-state index contributed by atoms with van der Waals surface area (Å²) >= 11 is 3.07. The number of nitrogens with two attached hydrogens (primary N) is 1. The third kappa shape index (κ3) is 2.99. The maximum Gasteiger partial charge on any atom is 0.255 e. The van der Waals surface area contributed by atoms with Crippen LogP contribution in [0.25, 0.3) is 0 Å². The van der Waals surface area contributed by atoms with Crippen LogP contribution in [0.4, 0.5) is 15.8 Å². The smallest absolute Gasteiger partial charge is 0.255 e. The molecule has 0 saturated carbocycles. The number of halogens is 2. The van der Waals surface area contributed by atoms with Gasteiger partial charge >= 0.3 is 0 Å². The van der Waals surface area contributed by atoms with Crippen molar-refractivity contribution in [1.82, 2.24) is 0 Å². The van der Waals surface area contributed by atoms with E-state index >= 15 is 0 Å². The van der Waals surface area contributed by atoms with E-state index in [4.69, 9.17) is 5.73 Å². The summed E-state index contributed by atoms with van der Waals surface area (Å²) in [5, 5.41) is 2.83. The van der Waals surface area contributed by atoms with Crippen molar-refractivity contribution >= 4 is 33.2 Å². The molecule has 0 radical (unpaired) electrons. The fraction of sp³-hybridized carbons (Fsp3) is 0.133. The molecule has 5 heteroatoms. The lowest BCUT2D eigenvalue weighted by atomic mass is 10.1. The van der Waals surface area contributed by atoms with Crippen molar-refractivity contribution < 1.29 is 9.18 Å². The third-order valence-electron chi connectivity index (χ3n) is 2.98. The molecule has 104 valence electrons. The van der Waals surface area contributed by atoms with Crippen molar-refractivity contribution in [2.45, 2.75) is 13.8 Å². The summed E-state index contributed by atoms with van der Waals surface area (Å²) in [4.78, 5) is 12.2. The number of rotatable bonds is 2. The Morgan fingerprint density at radius 3 is 2.35 bits per heavy atom. The van der Waals surface area contributed by atoms with E-state index in [9.17, 15) is 9.18 Å². The number of anilines is 2. The Hall–Kier alpha value is -1.88. The Kier molecular flexibility index (Phi) is 4.09. The van der Waals surface area contributed by atoms with Crippen molar-refractivity contribution in [2.75, 3.05) is 11.1 Å². The molecule has 0 aliphatic carbocycles. The highest BCUT2D eigenvalue weighted by molar-refractivity contribution is 9.10. The second-order valence-corrected chi connectivity index (χ2v) is 5.47. The first-order valence-electron chi connectivity index (χ1n) is 6.01. The van der Waals surface area contributed by atoms with Gasteiger partial charge in [-0.05, 0) is 71.2 Å². The first-order valence-corrected chi connectivity index (χ1v) is 6.81. The van der Waals surface area contributed by atoms with E-state index in [2.05, 4.69) is 21.2 Å². The van der Waals surface area contributed by atoms with E-state index in [1.807, 2.05) is 13.8 Å². The van der Waals surface area contributed by atoms with Gasteiger partial charge in [-0.2, -0.15) is 0 Å². The van der Waals surface area contributed by atoms with E-state index in [0.717, 1.165) is 16.8 Å². The SMILES string of the molecule is Cc1cc(N)cc(C)c1NC(=O)c1ccc(F)c(Br)c1. The van der Waals surface area contributed by atoms with E-state index in [1.54, 1.807) is 12.1 Å². The Balaban J connectivity index is 2.30. The lowest BCUT2D eigenvalue weighted by Crippen LogP contribution is -2.14. The van der Waals surface area contributed by atoms with Crippen LogP contribution in [0.2, 0.25) is 0 Å². The van der Waals surface area contributed by atoms with Crippen LogP contribution in [0.3, 0.4) is 0 Å². The molecular weight excluding hydrogens is 323 g/mol. The number of benzene rings is 2. The van der Waals surface area contributed by atoms with Gasteiger partial charge in [-0.25, -0.2) is 4.39 Å². The van der Waals surface area contributed by atoms with Crippen molar-refractivity contribution in [3.63, 3.8) is 0 Å². The molecule has 0 bridgehead atoms. The Morgan fingerprint density at radius 2 is 1.80 bits per heavy atom. The molecule has 2 rings (SSSR count). The zero-order valence-corrected chi connectivity index (χ0v) is 12.7. The summed E-state index contributed by atoms with van der Waals surface area (Å²) in [5.41, 5.74) is 9.28. The van der Waals surface area contributed by atoms with Gasteiger partial charge in [0.15, 0.2) is 0 Å². The normalized spacial score (nSPS) is 10.4. The number of carbonyl (C=O) groups excluding carboxylic acids is 1. The van der Waals surface area contributed by atoms with Gasteiger partial charge in [0.2, 0.25) is 0 Å². The van der Waals surface area contributed by atoms with Crippen molar-refractivity contribution in [1.29, 1.82) is 0 Å². The van der Waals surface area contributed by atoms with Crippen LogP contribution >= 0.6 is 15.9 Å². The molecule has 0 atom stereocenters. The van der Waals surface area contributed by atoms with Crippen LogP contribution in [0.15, 0.2) is 34.8 Å². The summed E-state index contributed by atoms with van der Waals surface area (Å²) < 4.78 is 13.4. The van der Waals surface area contributed by atoms with Gasteiger partial charge in [0, 0.05) is 16.9 Å². The number of hydrogen-bond acceptors (Lipinski definition) is 2. The lowest BCUT2D eigenvalue weighted by Gasteiger charge is -2.13. The predicted octanol–water partition coefficient (Wildman–Crippen LogP) is 4.04. The van der Waals surface area contributed by atoms with Crippen LogP contribution < -0.4 is 11.1 Å². The first-order chi connectivity index (χ1) is 9.38. The van der Waals surface area contributed by atoms with Gasteiger partial charge in [-0.1, -0.05) is 0 Å². The molecule has 0 heterocycles. The molecule has 0 fully saturated rings. The molecule has 0 spiro atoms. The number of nitrogen functional groups attached to an aromatic ring is 1. The summed E-state index contributed by atoms with van der Waals surface area (Å²) in [6.07, 6.45) is 0. The summed E-state index contributed by atoms with van der Waals surface area (Å²) in [5.74, 6) is -0.692. The second kappa shape index (κ2) is 5.63. The number of amides is 1. The van der Waals surface area contributed by atoms with Crippen LogP contribution in [-0.2, 0) is 0 Å². The zero-order valence-electron chi connectivity index (χ0n) is 11.1. The fourth-order valence-electron chi connectivity index (χ4n) is 2.02. The number of hydrogen-bond donors (Lipinski definition) is 2. The standard InChI is InChI=1S/C15H14BrFN2O/c1-8-5-11(18)6-9(2)14(8)19-15(20)10-3-4-13(17)12(16)7-10/h3-7H,18H2,1-2H3,(H,19,20). The second-order valence-electron chi connectivity index (χ2n) is 4.61. The third-order valence-corrected chi connectivity index (χ3v) is 3.58. The predicted molar refractivity (Wildman–Crippen MR) is 82.4 cm³/mol. The Labute approximate surface area is 125 Å². The molecule has 0 unspecified atom stereocenters. The Morgan fingerprint density at radius 1 is 1.20 bits per heavy atom. The average Bonchev–Trinajstić information content (AvgIpc) is 2.36. The van der Waals surface area contributed by atoms with Gasteiger partial charge in [-0.15, -0.1) is 0 Å². The minimum atomic E-state index is -0.401. The van der Waals surface area contributed by atoms with Crippen molar-refractivity contribution in [2.24, 2.45) is 0 Å². The summed E-state index contributed by atoms with van der Waals surface area (Å²) in [6, 6.07) is 7.73. The number of nitrogens with one attached hydrogen (secondary N) is 1. The molecule has 2 aromatic carbocycles. The van der Waals surface area contributed by atoms with E-state index in [0.29, 0.717) is 11.3 Å². The molecular formula is C15H14BrFN2O. The monoisotopic (exact) mass is 336 g/mol. The highest BCUT2D eigenvalue weighted by atomic mass is 79.9. The van der Waals surface area contributed by atoms with E-state index in [-0.39, 0.29) is 10.4 Å².